The average Bonchev–Trinajstić information content (AvgIpc) is 2.89. The summed E-state index contributed by atoms with van der Waals surface area (Å²) in [5.74, 6) is 1.39. The lowest BCUT2D eigenvalue weighted by Crippen LogP contribution is -2.22. The van der Waals surface area contributed by atoms with E-state index in [-0.39, 0.29) is 5.91 Å². The fourth-order valence-corrected chi connectivity index (χ4v) is 4.12. The number of carbonyl (C=O) groups is 1. The van der Waals surface area contributed by atoms with Gasteiger partial charge in [-0.15, -0.1) is 0 Å². The Morgan fingerprint density at radius 3 is 2.46 bits per heavy atom. The van der Waals surface area contributed by atoms with Crippen LogP contribution in [0.1, 0.15) is 16.7 Å². The molecule has 0 radical (unpaired) electrons. The van der Waals surface area contributed by atoms with Crippen molar-refractivity contribution in [3.05, 3.63) is 63.0 Å². The van der Waals surface area contributed by atoms with Crippen LogP contribution in [0, 0.1) is 13.8 Å². The van der Waals surface area contributed by atoms with E-state index in [9.17, 15) is 4.79 Å². The van der Waals surface area contributed by atoms with E-state index in [1.54, 1.807) is 31.3 Å². The van der Waals surface area contributed by atoms with Gasteiger partial charge in [0.15, 0.2) is 0 Å². The monoisotopic (exact) mass is 433 g/mol. The molecule has 0 spiro atoms. The summed E-state index contributed by atoms with van der Waals surface area (Å²) in [7, 11) is 1.67. The van der Waals surface area contributed by atoms with Crippen molar-refractivity contribution in [2.45, 2.75) is 13.8 Å². The van der Waals surface area contributed by atoms with Gasteiger partial charge in [0, 0.05) is 17.6 Å². The van der Waals surface area contributed by atoms with Crippen LogP contribution in [0.5, 0.6) is 11.5 Å². The smallest absolute Gasteiger partial charge is 0.265 e. The Morgan fingerprint density at radius 2 is 1.82 bits per heavy atom. The van der Waals surface area contributed by atoms with E-state index < -0.39 is 0 Å². The van der Waals surface area contributed by atoms with Gasteiger partial charge >= 0.3 is 0 Å². The van der Waals surface area contributed by atoms with Crippen LogP contribution in [-0.2, 0) is 4.79 Å². The molecular formula is C21H20ClNO3S2. The number of halogens is 1. The second-order valence-electron chi connectivity index (χ2n) is 6.34. The third-order valence-electron chi connectivity index (χ3n) is 4.24. The summed E-state index contributed by atoms with van der Waals surface area (Å²) in [5.41, 5.74) is 2.91. The van der Waals surface area contributed by atoms with Crippen LogP contribution in [0.4, 0.5) is 0 Å². The Morgan fingerprint density at radius 1 is 1.14 bits per heavy atom. The van der Waals surface area contributed by atoms with Gasteiger partial charge < -0.3 is 9.47 Å². The molecule has 0 unspecified atom stereocenters. The number of hydrogen-bond donors (Lipinski definition) is 0. The summed E-state index contributed by atoms with van der Waals surface area (Å²) in [6.07, 6.45) is 1.76. The number of nitrogens with zero attached hydrogens (tertiary/aromatic N) is 1. The first-order valence-corrected chi connectivity index (χ1v) is 10.3. The largest absolute Gasteiger partial charge is 0.489 e. The fourth-order valence-electron chi connectivity index (χ4n) is 2.77. The number of rotatable bonds is 6. The van der Waals surface area contributed by atoms with Crippen LogP contribution in [-0.4, -0.2) is 35.4 Å². The summed E-state index contributed by atoms with van der Waals surface area (Å²) in [5, 5.41) is 0.567. The maximum absolute atomic E-state index is 12.3. The molecule has 146 valence electrons. The molecule has 0 N–H and O–H groups in total. The van der Waals surface area contributed by atoms with E-state index in [0.29, 0.717) is 33.2 Å². The van der Waals surface area contributed by atoms with Crippen molar-refractivity contribution >= 4 is 51.9 Å². The van der Waals surface area contributed by atoms with Crippen molar-refractivity contribution in [1.29, 1.82) is 0 Å². The minimum Gasteiger partial charge on any atom is -0.489 e. The lowest BCUT2D eigenvalue weighted by Gasteiger charge is -2.14. The number of carbonyl (C=O) groups excluding carboxylic acids is 1. The Labute approximate surface area is 179 Å². The number of likely N-dealkylation sites (N-methyl/N-ethyl adjacent to an activating group) is 1. The first kappa shape index (κ1) is 20.7. The van der Waals surface area contributed by atoms with Crippen LogP contribution >= 0.6 is 35.6 Å². The SMILES string of the molecule is Cc1cccc(C)c1OCCOc1ccc(Cl)cc1/C=C1\SC(=S)N(C)C1=O. The molecule has 0 bridgehead atoms. The van der Waals surface area contributed by atoms with Crippen molar-refractivity contribution in [1.82, 2.24) is 4.90 Å². The van der Waals surface area contributed by atoms with E-state index in [1.807, 2.05) is 32.0 Å². The molecule has 0 aliphatic carbocycles. The van der Waals surface area contributed by atoms with Gasteiger partial charge in [0.2, 0.25) is 0 Å². The number of ether oxygens (including phenoxy) is 2. The van der Waals surface area contributed by atoms with Crippen molar-refractivity contribution in [3.63, 3.8) is 0 Å². The molecule has 4 nitrogen and oxygen atoms in total. The minimum absolute atomic E-state index is 0.126. The van der Waals surface area contributed by atoms with Gasteiger partial charge in [-0.25, -0.2) is 0 Å². The average molecular weight is 434 g/mol. The first-order valence-electron chi connectivity index (χ1n) is 8.69. The predicted octanol–water partition coefficient (Wildman–Crippen LogP) is 5.25. The van der Waals surface area contributed by atoms with Crippen molar-refractivity contribution in [2.75, 3.05) is 20.3 Å². The Kier molecular flexibility index (Phi) is 6.65. The summed E-state index contributed by atoms with van der Waals surface area (Å²) >= 11 is 12.6. The molecule has 1 aliphatic rings. The highest BCUT2D eigenvalue weighted by atomic mass is 35.5. The summed E-state index contributed by atoms with van der Waals surface area (Å²) < 4.78 is 12.3. The quantitative estimate of drug-likeness (QED) is 0.353. The third-order valence-corrected chi connectivity index (χ3v) is 5.96. The number of thioether (sulfide) groups is 1. The molecule has 1 heterocycles. The zero-order chi connectivity index (χ0) is 20.3. The summed E-state index contributed by atoms with van der Waals surface area (Å²) in [6, 6.07) is 11.4. The van der Waals surface area contributed by atoms with Gasteiger partial charge in [0.1, 0.15) is 29.0 Å². The first-order chi connectivity index (χ1) is 13.4. The molecule has 0 aromatic heterocycles. The van der Waals surface area contributed by atoms with Gasteiger partial charge in [-0.3, -0.25) is 9.69 Å². The maximum Gasteiger partial charge on any atom is 0.265 e. The second-order valence-corrected chi connectivity index (χ2v) is 8.45. The van der Waals surface area contributed by atoms with Gasteiger partial charge in [-0.2, -0.15) is 0 Å². The Balaban J connectivity index is 1.70. The highest BCUT2D eigenvalue weighted by Crippen LogP contribution is 2.34. The van der Waals surface area contributed by atoms with Gasteiger partial charge in [-0.1, -0.05) is 53.8 Å². The fraction of sp³-hybridized carbons (Fsp3) is 0.238. The number of aryl methyl sites for hydroxylation is 2. The number of benzene rings is 2. The van der Waals surface area contributed by atoms with Gasteiger partial charge in [0.05, 0.1) is 4.91 Å². The van der Waals surface area contributed by atoms with Crippen molar-refractivity contribution in [2.24, 2.45) is 0 Å². The molecule has 7 heteroatoms. The minimum atomic E-state index is -0.126. The Hall–Kier alpha value is -2.02. The van der Waals surface area contributed by atoms with E-state index >= 15 is 0 Å². The second kappa shape index (κ2) is 8.99. The zero-order valence-electron chi connectivity index (χ0n) is 15.8. The van der Waals surface area contributed by atoms with Crippen molar-refractivity contribution < 1.29 is 14.3 Å². The third kappa shape index (κ3) is 4.69. The van der Waals surface area contributed by atoms with E-state index in [2.05, 4.69) is 0 Å². The molecule has 1 fully saturated rings. The molecule has 2 aromatic carbocycles. The van der Waals surface area contributed by atoms with Crippen LogP contribution in [0.15, 0.2) is 41.3 Å². The summed E-state index contributed by atoms with van der Waals surface area (Å²) in [4.78, 5) is 14.3. The highest BCUT2D eigenvalue weighted by molar-refractivity contribution is 8.26. The molecule has 2 aromatic rings. The molecule has 1 aliphatic heterocycles. The van der Waals surface area contributed by atoms with Crippen LogP contribution in [0.2, 0.25) is 5.02 Å². The normalized spacial score (nSPS) is 15.4. The zero-order valence-corrected chi connectivity index (χ0v) is 18.2. The lowest BCUT2D eigenvalue weighted by molar-refractivity contribution is -0.121. The summed E-state index contributed by atoms with van der Waals surface area (Å²) in [6.45, 7) is 4.81. The molecule has 1 amide bonds. The van der Waals surface area contributed by atoms with Gasteiger partial charge in [-0.05, 0) is 49.2 Å². The predicted molar refractivity (Wildman–Crippen MR) is 119 cm³/mol. The molecule has 0 saturated carbocycles. The number of amides is 1. The van der Waals surface area contributed by atoms with Crippen LogP contribution < -0.4 is 9.47 Å². The molecule has 28 heavy (non-hydrogen) atoms. The van der Waals surface area contributed by atoms with E-state index in [1.165, 1.54) is 16.7 Å². The van der Waals surface area contributed by atoms with E-state index in [4.69, 9.17) is 33.3 Å². The van der Waals surface area contributed by atoms with Crippen LogP contribution in [0.3, 0.4) is 0 Å². The highest BCUT2D eigenvalue weighted by Gasteiger charge is 2.29. The number of thiocarbonyl (C=S) groups is 1. The maximum atomic E-state index is 12.3. The number of para-hydroxylation sites is 1. The molecular weight excluding hydrogens is 414 g/mol. The van der Waals surface area contributed by atoms with Crippen LogP contribution in [0.25, 0.3) is 6.08 Å². The van der Waals surface area contributed by atoms with Gasteiger partial charge in [0.25, 0.3) is 5.91 Å². The Bertz CT molecular complexity index is 938. The molecule has 1 saturated heterocycles. The number of hydrogen-bond acceptors (Lipinski definition) is 5. The topological polar surface area (TPSA) is 38.8 Å². The van der Waals surface area contributed by atoms with E-state index in [0.717, 1.165) is 22.4 Å². The standard InChI is InChI=1S/C21H20ClNO3S2/c1-13-5-4-6-14(2)19(13)26-10-9-25-17-8-7-16(22)11-15(17)12-18-20(24)23(3)21(27)28-18/h4-8,11-12H,9-10H2,1-3H3/b18-12-. The lowest BCUT2D eigenvalue weighted by atomic mass is 10.1. The molecule has 0 atom stereocenters. The molecule has 3 rings (SSSR count). The van der Waals surface area contributed by atoms with Crippen molar-refractivity contribution in [3.8, 4) is 11.5 Å².